The summed E-state index contributed by atoms with van der Waals surface area (Å²) in [6, 6.07) is 15.8. The number of carbonyl (C=O) groups is 2. The standard InChI is InChI=1S/C24H23ClN2O4S/c1-30-12-11-27-22(20-8-5-13-32-20)21(16-6-3-4-7-17(16)24(27)29)23(28)26-18-14-15(25)9-10-19(18)31-2/h3-10,13-14,21-22H,11-12H2,1-2H3,(H,26,28)/t21-,22-/m0/s1. The molecule has 166 valence electrons. The third-order valence-electron chi connectivity index (χ3n) is 5.51. The van der Waals surface area contributed by atoms with Gasteiger partial charge in [0.05, 0.1) is 31.4 Å². The topological polar surface area (TPSA) is 67.9 Å². The van der Waals surface area contributed by atoms with E-state index in [0.717, 1.165) is 4.88 Å². The van der Waals surface area contributed by atoms with Gasteiger partial charge in [0, 0.05) is 29.1 Å². The normalized spacial score (nSPS) is 17.7. The number of thiophene rings is 1. The van der Waals surface area contributed by atoms with Crippen molar-refractivity contribution >= 4 is 40.4 Å². The highest BCUT2D eigenvalue weighted by Crippen LogP contribution is 2.45. The summed E-state index contributed by atoms with van der Waals surface area (Å²) in [5.41, 5.74) is 1.70. The molecule has 6 nitrogen and oxygen atoms in total. The van der Waals surface area contributed by atoms with E-state index in [1.54, 1.807) is 36.3 Å². The van der Waals surface area contributed by atoms with Crippen LogP contribution in [-0.4, -0.2) is 44.1 Å². The molecule has 0 spiro atoms. The van der Waals surface area contributed by atoms with Crippen molar-refractivity contribution in [3.05, 3.63) is 81.0 Å². The number of nitrogens with one attached hydrogen (secondary N) is 1. The summed E-state index contributed by atoms with van der Waals surface area (Å²) >= 11 is 7.68. The van der Waals surface area contributed by atoms with Gasteiger partial charge in [-0.25, -0.2) is 0 Å². The Morgan fingerprint density at radius 2 is 1.97 bits per heavy atom. The second-order valence-electron chi connectivity index (χ2n) is 7.35. The van der Waals surface area contributed by atoms with Crippen LogP contribution in [0.2, 0.25) is 5.02 Å². The van der Waals surface area contributed by atoms with E-state index >= 15 is 0 Å². The maximum Gasteiger partial charge on any atom is 0.254 e. The van der Waals surface area contributed by atoms with Crippen LogP contribution in [0.4, 0.5) is 5.69 Å². The number of carbonyl (C=O) groups excluding carboxylic acids is 2. The van der Waals surface area contributed by atoms with Crippen LogP contribution in [0.1, 0.15) is 32.8 Å². The number of anilines is 1. The first-order chi connectivity index (χ1) is 15.5. The number of rotatable bonds is 7. The van der Waals surface area contributed by atoms with E-state index in [-0.39, 0.29) is 11.8 Å². The molecule has 1 N–H and O–H groups in total. The Morgan fingerprint density at radius 3 is 2.69 bits per heavy atom. The number of amides is 2. The Hall–Kier alpha value is -2.87. The number of halogens is 1. The second-order valence-corrected chi connectivity index (χ2v) is 8.77. The Morgan fingerprint density at radius 1 is 1.16 bits per heavy atom. The molecular weight excluding hydrogens is 448 g/mol. The number of hydrogen-bond acceptors (Lipinski definition) is 5. The van der Waals surface area contributed by atoms with Gasteiger partial charge >= 0.3 is 0 Å². The number of ether oxygens (including phenoxy) is 2. The van der Waals surface area contributed by atoms with Crippen molar-refractivity contribution in [1.29, 1.82) is 0 Å². The lowest BCUT2D eigenvalue weighted by Crippen LogP contribution is -2.47. The quantitative estimate of drug-likeness (QED) is 0.529. The Bertz CT molecular complexity index is 1120. The molecule has 0 unspecified atom stereocenters. The number of methoxy groups -OCH3 is 2. The van der Waals surface area contributed by atoms with E-state index in [4.69, 9.17) is 21.1 Å². The molecule has 4 rings (SSSR count). The van der Waals surface area contributed by atoms with Crippen molar-refractivity contribution in [2.45, 2.75) is 12.0 Å². The van der Waals surface area contributed by atoms with E-state index in [1.165, 1.54) is 18.4 Å². The summed E-state index contributed by atoms with van der Waals surface area (Å²) in [5.74, 6) is -0.471. The summed E-state index contributed by atoms with van der Waals surface area (Å²) in [7, 11) is 3.13. The van der Waals surface area contributed by atoms with Gasteiger partial charge in [-0.1, -0.05) is 35.9 Å². The van der Waals surface area contributed by atoms with Crippen molar-refractivity contribution < 1.29 is 19.1 Å². The number of fused-ring (bicyclic) bond motifs is 1. The molecule has 1 aromatic heterocycles. The van der Waals surface area contributed by atoms with Crippen LogP contribution in [0.15, 0.2) is 60.0 Å². The maximum absolute atomic E-state index is 13.8. The highest BCUT2D eigenvalue weighted by Gasteiger charge is 2.44. The predicted octanol–water partition coefficient (Wildman–Crippen LogP) is 4.98. The van der Waals surface area contributed by atoms with Crippen molar-refractivity contribution in [2.75, 3.05) is 32.7 Å². The minimum absolute atomic E-state index is 0.111. The molecule has 2 heterocycles. The first-order valence-corrected chi connectivity index (χ1v) is 11.4. The minimum Gasteiger partial charge on any atom is -0.495 e. The van der Waals surface area contributed by atoms with Gasteiger partial charge in [-0.2, -0.15) is 0 Å². The van der Waals surface area contributed by atoms with Crippen LogP contribution in [0.3, 0.4) is 0 Å². The van der Waals surface area contributed by atoms with Crippen LogP contribution in [0.25, 0.3) is 0 Å². The molecule has 2 amide bonds. The van der Waals surface area contributed by atoms with Gasteiger partial charge in [0.15, 0.2) is 0 Å². The zero-order chi connectivity index (χ0) is 22.7. The number of nitrogens with zero attached hydrogens (tertiary/aromatic N) is 1. The van der Waals surface area contributed by atoms with E-state index < -0.39 is 12.0 Å². The lowest BCUT2D eigenvalue weighted by Gasteiger charge is -2.41. The molecule has 0 aliphatic carbocycles. The zero-order valence-corrected chi connectivity index (χ0v) is 19.3. The van der Waals surface area contributed by atoms with Crippen LogP contribution >= 0.6 is 22.9 Å². The average Bonchev–Trinajstić information content (AvgIpc) is 3.33. The SMILES string of the molecule is COCCN1C(=O)c2ccccc2[C@H](C(=O)Nc2cc(Cl)ccc2OC)[C@@H]1c1cccs1. The summed E-state index contributed by atoms with van der Waals surface area (Å²) < 4.78 is 10.7. The van der Waals surface area contributed by atoms with Crippen molar-refractivity contribution in [2.24, 2.45) is 0 Å². The zero-order valence-electron chi connectivity index (χ0n) is 17.7. The summed E-state index contributed by atoms with van der Waals surface area (Å²) in [6.07, 6.45) is 0. The summed E-state index contributed by atoms with van der Waals surface area (Å²) in [6.45, 7) is 0.739. The average molecular weight is 471 g/mol. The molecule has 32 heavy (non-hydrogen) atoms. The first-order valence-electron chi connectivity index (χ1n) is 10.1. The van der Waals surface area contributed by atoms with Crippen LogP contribution in [0.5, 0.6) is 5.75 Å². The molecule has 2 atom stereocenters. The van der Waals surface area contributed by atoms with Crippen molar-refractivity contribution in [3.63, 3.8) is 0 Å². The predicted molar refractivity (Wildman–Crippen MR) is 126 cm³/mol. The summed E-state index contributed by atoms with van der Waals surface area (Å²) in [4.78, 5) is 29.8. The number of benzene rings is 2. The van der Waals surface area contributed by atoms with Crippen molar-refractivity contribution in [1.82, 2.24) is 4.90 Å². The van der Waals surface area contributed by atoms with E-state index in [2.05, 4.69) is 5.32 Å². The molecule has 0 saturated carbocycles. The highest BCUT2D eigenvalue weighted by molar-refractivity contribution is 7.10. The molecular formula is C24H23ClN2O4S. The van der Waals surface area contributed by atoms with E-state index in [1.807, 2.05) is 35.7 Å². The van der Waals surface area contributed by atoms with Crippen LogP contribution in [0, 0.1) is 0 Å². The smallest absolute Gasteiger partial charge is 0.254 e. The fourth-order valence-electron chi connectivity index (χ4n) is 4.07. The lowest BCUT2D eigenvalue weighted by molar-refractivity contribution is -0.119. The van der Waals surface area contributed by atoms with Gasteiger partial charge in [0.2, 0.25) is 5.91 Å². The lowest BCUT2D eigenvalue weighted by atomic mass is 9.81. The highest BCUT2D eigenvalue weighted by atomic mass is 35.5. The second kappa shape index (κ2) is 9.73. The summed E-state index contributed by atoms with van der Waals surface area (Å²) in [5, 5.41) is 5.41. The van der Waals surface area contributed by atoms with Crippen molar-refractivity contribution in [3.8, 4) is 5.75 Å². The molecule has 8 heteroatoms. The van der Waals surface area contributed by atoms with Crippen LogP contribution in [-0.2, 0) is 9.53 Å². The first kappa shape index (κ1) is 22.3. The molecule has 0 bridgehead atoms. The fraction of sp³-hybridized carbons (Fsp3) is 0.250. The van der Waals surface area contributed by atoms with Gasteiger partial charge in [0.25, 0.3) is 5.91 Å². The van der Waals surface area contributed by atoms with E-state index in [0.29, 0.717) is 40.7 Å². The Labute approximate surface area is 195 Å². The van der Waals surface area contributed by atoms with Gasteiger partial charge in [-0.3, -0.25) is 9.59 Å². The molecule has 3 aromatic rings. The third-order valence-corrected chi connectivity index (χ3v) is 6.69. The number of hydrogen-bond donors (Lipinski definition) is 1. The molecule has 0 saturated heterocycles. The van der Waals surface area contributed by atoms with Crippen LogP contribution < -0.4 is 10.1 Å². The van der Waals surface area contributed by atoms with Gasteiger partial charge < -0.3 is 19.7 Å². The Kier molecular flexibility index (Phi) is 6.79. The van der Waals surface area contributed by atoms with Gasteiger partial charge in [-0.15, -0.1) is 11.3 Å². The minimum atomic E-state index is -0.622. The Balaban J connectivity index is 1.81. The molecule has 0 fully saturated rings. The molecule has 1 aliphatic heterocycles. The van der Waals surface area contributed by atoms with Gasteiger partial charge in [0.1, 0.15) is 5.75 Å². The molecule has 1 aliphatic rings. The third kappa shape index (κ3) is 4.24. The largest absolute Gasteiger partial charge is 0.495 e. The monoisotopic (exact) mass is 470 g/mol. The molecule has 0 radical (unpaired) electrons. The van der Waals surface area contributed by atoms with E-state index in [9.17, 15) is 9.59 Å². The fourth-order valence-corrected chi connectivity index (χ4v) is 5.12. The molecule has 2 aromatic carbocycles. The van der Waals surface area contributed by atoms with Gasteiger partial charge in [-0.05, 0) is 41.3 Å². The maximum atomic E-state index is 13.8.